The van der Waals surface area contributed by atoms with E-state index in [0.29, 0.717) is 26.6 Å². The number of nitrogens with one attached hydrogen (secondary N) is 2. The number of carbonyl (C=O) groups is 1. The molecule has 0 unspecified atom stereocenters. The van der Waals surface area contributed by atoms with Crippen molar-refractivity contribution in [3.8, 4) is 0 Å². The van der Waals surface area contributed by atoms with E-state index in [9.17, 15) is 4.79 Å². The molecular weight excluding hydrogens is 360 g/mol. The van der Waals surface area contributed by atoms with Crippen molar-refractivity contribution in [2.24, 2.45) is 0 Å². The van der Waals surface area contributed by atoms with Crippen LogP contribution in [0, 0.1) is 0 Å². The molecule has 0 atom stereocenters. The summed E-state index contributed by atoms with van der Waals surface area (Å²) in [5.41, 5.74) is 2.43. The van der Waals surface area contributed by atoms with Crippen LogP contribution >= 0.6 is 0 Å². The van der Waals surface area contributed by atoms with Gasteiger partial charge < -0.3 is 14.9 Å². The fourth-order valence-corrected chi connectivity index (χ4v) is 1.68. The van der Waals surface area contributed by atoms with E-state index in [0.717, 1.165) is 45.1 Å². The minimum absolute atomic E-state index is 0.221. The summed E-state index contributed by atoms with van der Waals surface area (Å²) >= 11 is 0. The third kappa shape index (κ3) is 22.3. The van der Waals surface area contributed by atoms with Gasteiger partial charge in [0.2, 0.25) is 6.79 Å². The Morgan fingerprint density at radius 2 is 1.59 bits per heavy atom. The van der Waals surface area contributed by atoms with Crippen LogP contribution in [0.4, 0.5) is 4.79 Å². The maximum absolute atomic E-state index is 10.7. The third-order valence-electron chi connectivity index (χ3n) is 3.01. The van der Waals surface area contributed by atoms with Crippen LogP contribution in [-0.4, -0.2) is 53.0 Å². The zero-order chi connectivity index (χ0) is 19.8. The average molecular weight is 392 g/mol. The Bertz CT molecular complexity index is 378. The Hall–Kier alpha value is -1.65. The SMILES string of the molecule is C=C=COOCCCNCOOCCCCCCCOOCOC(=O)NC. The number of carbonyl (C=O) groups excluding carboxylic acids is 1. The summed E-state index contributed by atoms with van der Waals surface area (Å²) in [7, 11) is 1.47. The molecule has 27 heavy (non-hydrogen) atoms. The van der Waals surface area contributed by atoms with Gasteiger partial charge in [-0.3, -0.25) is 5.32 Å². The summed E-state index contributed by atoms with van der Waals surface area (Å²) in [5.74, 6) is 0. The van der Waals surface area contributed by atoms with E-state index in [1.165, 1.54) is 13.3 Å². The standard InChI is InChI=1S/C17H32N2O8/c1-3-11-22-23-14-9-10-19-15-26-24-12-7-5-4-6-8-13-25-27-16-21-17(20)18-2/h11,19H,1,4-10,12-16H2,2H3,(H,18,20). The molecule has 0 saturated heterocycles. The Morgan fingerprint density at radius 1 is 0.926 bits per heavy atom. The highest BCUT2D eigenvalue weighted by Crippen LogP contribution is 2.03. The van der Waals surface area contributed by atoms with Crippen molar-refractivity contribution in [1.29, 1.82) is 0 Å². The number of rotatable bonds is 20. The van der Waals surface area contributed by atoms with Crippen LogP contribution in [0.15, 0.2) is 18.6 Å². The molecule has 0 fully saturated rings. The van der Waals surface area contributed by atoms with Gasteiger partial charge in [-0.2, -0.15) is 9.78 Å². The largest absolute Gasteiger partial charge is 0.419 e. The quantitative estimate of drug-likeness (QED) is 0.0806. The molecule has 0 aromatic rings. The summed E-state index contributed by atoms with van der Waals surface area (Å²) in [4.78, 5) is 39.8. The zero-order valence-electron chi connectivity index (χ0n) is 16.0. The summed E-state index contributed by atoms with van der Waals surface area (Å²) < 4.78 is 4.59. The van der Waals surface area contributed by atoms with Crippen molar-refractivity contribution < 1.29 is 38.9 Å². The van der Waals surface area contributed by atoms with Gasteiger partial charge >= 0.3 is 6.09 Å². The van der Waals surface area contributed by atoms with Gasteiger partial charge in [0.25, 0.3) is 0 Å². The molecule has 0 aliphatic rings. The first kappa shape index (κ1) is 25.4. The Kier molecular flexibility index (Phi) is 21.0. The highest BCUT2D eigenvalue weighted by Gasteiger charge is 1.97. The molecule has 0 spiro atoms. The first-order valence-corrected chi connectivity index (χ1v) is 8.98. The van der Waals surface area contributed by atoms with Crippen molar-refractivity contribution in [2.45, 2.75) is 38.5 Å². The fraction of sp³-hybridized carbons (Fsp3) is 0.765. The zero-order valence-corrected chi connectivity index (χ0v) is 16.0. The molecule has 10 nitrogen and oxygen atoms in total. The second-order valence-electron chi connectivity index (χ2n) is 5.19. The van der Waals surface area contributed by atoms with Crippen LogP contribution in [0.3, 0.4) is 0 Å². The summed E-state index contributed by atoms with van der Waals surface area (Å²) in [6.45, 7) is 5.66. The van der Waals surface area contributed by atoms with E-state index in [1.807, 2.05) is 0 Å². The molecular formula is C17H32N2O8. The lowest BCUT2D eigenvalue weighted by Crippen LogP contribution is -2.20. The van der Waals surface area contributed by atoms with Gasteiger partial charge in [-0.1, -0.05) is 31.6 Å². The number of hydrogen-bond donors (Lipinski definition) is 2. The summed E-state index contributed by atoms with van der Waals surface area (Å²) in [5, 5.41) is 5.34. The van der Waals surface area contributed by atoms with Crippen LogP contribution in [0.25, 0.3) is 0 Å². The van der Waals surface area contributed by atoms with Gasteiger partial charge in [0.05, 0.1) is 19.8 Å². The molecule has 0 saturated carbocycles. The molecule has 1 amide bonds. The highest BCUT2D eigenvalue weighted by atomic mass is 17.2. The van der Waals surface area contributed by atoms with E-state index < -0.39 is 6.09 Å². The Labute approximate surface area is 160 Å². The monoisotopic (exact) mass is 392 g/mol. The van der Waals surface area contributed by atoms with Gasteiger partial charge in [0.15, 0.2) is 6.26 Å². The number of unbranched alkanes of at least 4 members (excludes halogenated alkanes) is 4. The topological polar surface area (TPSA) is 106 Å². The number of alkyl carbamates (subject to hydrolysis) is 1. The minimum Gasteiger partial charge on any atom is -0.419 e. The predicted octanol–water partition coefficient (Wildman–Crippen LogP) is 2.33. The van der Waals surface area contributed by atoms with Crippen LogP contribution in [0.5, 0.6) is 0 Å². The molecule has 0 aromatic heterocycles. The van der Waals surface area contributed by atoms with E-state index in [-0.39, 0.29) is 6.79 Å². The first-order chi connectivity index (χ1) is 13.3. The normalized spacial score (nSPS) is 10.3. The van der Waals surface area contributed by atoms with E-state index in [2.05, 4.69) is 32.6 Å². The molecule has 158 valence electrons. The Morgan fingerprint density at radius 3 is 2.30 bits per heavy atom. The van der Waals surface area contributed by atoms with Gasteiger partial charge in [-0.15, -0.1) is 0 Å². The Balaban J connectivity index is 3.03. The lowest BCUT2D eigenvalue weighted by Gasteiger charge is -2.06. The second-order valence-corrected chi connectivity index (χ2v) is 5.19. The molecule has 0 aliphatic carbocycles. The van der Waals surface area contributed by atoms with Crippen LogP contribution in [0.2, 0.25) is 0 Å². The van der Waals surface area contributed by atoms with E-state index in [4.69, 9.17) is 24.4 Å². The molecule has 2 N–H and O–H groups in total. The third-order valence-corrected chi connectivity index (χ3v) is 3.01. The molecule has 10 heteroatoms. The van der Waals surface area contributed by atoms with Crippen molar-refractivity contribution >= 4 is 6.09 Å². The van der Waals surface area contributed by atoms with Crippen molar-refractivity contribution in [2.75, 3.05) is 46.9 Å². The van der Waals surface area contributed by atoms with Gasteiger partial charge in [0.1, 0.15) is 6.73 Å². The molecule has 0 bridgehead atoms. The number of hydrogen-bond acceptors (Lipinski definition) is 9. The van der Waals surface area contributed by atoms with E-state index in [1.54, 1.807) is 0 Å². The smallest absolute Gasteiger partial charge is 0.409 e. The molecule has 0 heterocycles. The molecule has 0 radical (unpaired) electrons. The van der Waals surface area contributed by atoms with Gasteiger partial charge in [0, 0.05) is 7.05 Å². The predicted molar refractivity (Wildman–Crippen MR) is 95.8 cm³/mol. The molecule has 0 aliphatic heterocycles. The number of amides is 1. The van der Waals surface area contributed by atoms with Crippen LogP contribution in [-0.2, 0) is 34.1 Å². The van der Waals surface area contributed by atoms with Crippen LogP contribution in [0.1, 0.15) is 38.5 Å². The van der Waals surface area contributed by atoms with Crippen molar-refractivity contribution in [1.82, 2.24) is 10.6 Å². The maximum atomic E-state index is 10.7. The highest BCUT2D eigenvalue weighted by molar-refractivity contribution is 5.66. The summed E-state index contributed by atoms with van der Waals surface area (Å²) in [6, 6.07) is 0. The molecule has 0 aromatic carbocycles. The fourth-order valence-electron chi connectivity index (χ4n) is 1.68. The average Bonchev–Trinajstić information content (AvgIpc) is 2.68. The summed E-state index contributed by atoms with van der Waals surface area (Å²) in [6.07, 6.45) is 6.43. The lowest BCUT2D eigenvalue weighted by atomic mass is 10.1. The van der Waals surface area contributed by atoms with Crippen molar-refractivity contribution in [3.05, 3.63) is 18.6 Å². The van der Waals surface area contributed by atoms with Crippen LogP contribution < -0.4 is 10.6 Å². The number of ether oxygens (including phenoxy) is 1. The lowest BCUT2D eigenvalue weighted by molar-refractivity contribution is -0.327. The first-order valence-electron chi connectivity index (χ1n) is 8.98. The minimum atomic E-state index is -0.557. The van der Waals surface area contributed by atoms with Gasteiger partial charge in [-0.25, -0.2) is 19.5 Å². The second kappa shape index (κ2) is 22.4. The maximum Gasteiger partial charge on any atom is 0.409 e. The molecule has 0 rings (SSSR count). The van der Waals surface area contributed by atoms with Crippen molar-refractivity contribution in [3.63, 3.8) is 0 Å². The van der Waals surface area contributed by atoms with E-state index >= 15 is 0 Å². The van der Waals surface area contributed by atoms with Gasteiger partial charge in [-0.05, 0) is 25.8 Å².